The van der Waals surface area contributed by atoms with E-state index in [4.69, 9.17) is 9.47 Å². The van der Waals surface area contributed by atoms with Gasteiger partial charge in [-0.15, -0.1) is 0 Å². The van der Waals surface area contributed by atoms with Gasteiger partial charge in [0.25, 0.3) is 5.91 Å². The molecule has 40 heavy (non-hydrogen) atoms. The zero-order valence-corrected chi connectivity index (χ0v) is 24.1. The maximum absolute atomic E-state index is 15.0. The molecule has 0 unspecified atom stereocenters. The summed E-state index contributed by atoms with van der Waals surface area (Å²) in [6.45, 7) is 6.12. The highest BCUT2D eigenvalue weighted by atomic mass is 19.1. The topological polar surface area (TPSA) is 114 Å². The van der Waals surface area contributed by atoms with Gasteiger partial charge in [0.1, 0.15) is 5.75 Å². The monoisotopic (exact) mass is 558 g/mol. The number of rotatable bonds is 8. The third-order valence-electron chi connectivity index (χ3n) is 10.4. The number of hydrogen-bond acceptors (Lipinski definition) is 5. The molecule has 0 saturated heterocycles. The van der Waals surface area contributed by atoms with Gasteiger partial charge in [0.05, 0.1) is 30.1 Å². The molecule has 2 amide bonds. The second kappa shape index (κ2) is 10.9. The highest BCUT2D eigenvalue weighted by Gasteiger charge is 2.52. The Kier molecular flexibility index (Phi) is 7.79. The van der Waals surface area contributed by atoms with Gasteiger partial charge in [-0.1, -0.05) is 20.3 Å². The van der Waals surface area contributed by atoms with Gasteiger partial charge in [-0.2, -0.15) is 0 Å². The van der Waals surface area contributed by atoms with E-state index < -0.39 is 23.1 Å². The van der Waals surface area contributed by atoms with E-state index in [2.05, 4.69) is 24.5 Å². The molecule has 4 aliphatic carbocycles. The molecule has 0 aliphatic heterocycles. The fourth-order valence-electron chi connectivity index (χ4n) is 7.68. The van der Waals surface area contributed by atoms with Gasteiger partial charge >= 0.3 is 5.97 Å². The predicted octanol–water partition coefficient (Wildman–Crippen LogP) is 5.09. The van der Waals surface area contributed by atoms with Crippen LogP contribution in [0.4, 0.5) is 4.39 Å². The number of carbonyl (C=O) groups excluding carboxylic acids is 2. The first-order valence-corrected chi connectivity index (χ1v) is 14.8. The zero-order valence-electron chi connectivity index (χ0n) is 24.1. The fraction of sp³-hybridized carbons (Fsp3) is 0.710. The van der Waals surface area contributed by atoms with Gasteiger partial charge in [-0.3, -0.25) is 14.4 Å². The van der Waals surface area contributed by atoms with Crippen LogP contribution in [0.15, 0.2) is 12.1 Å². The van der Waals surface area contributed by atoms with Gasteiger partial charge in [-0.05, 0) is 88.0 Å². The van der Waals surface area contributed by atoms with Crippen LogP contribution in [0.2, 0.25) is 0 Å². The molecule has 0 aromatic heterocycles. The summed E-state index contributed by atoms with van der Waals surface area (Å²) in [6, 6.07) is 2.38. The SMILES string of the molecule is COc1cc(F)c(O[C@H]2CC[C@@](C)(C(=O)O)CC2)cc1C(=O)N[C@@H]1[C@H]2CC[C@H](C2)[C@@H]1C(=O)N[C@@H]1CCCC1(C)C. The molecular weight excluding hydrogens is 515 g/mol. The van der Waals surface area contributed by atoms with E-state index in [9.17, 15) is 23.9 Å². The summed E-state index contributed by atoms with van der Waals surface area (Å²) >= 11 is 0. The number of amides is 2. The Morgan fingerprint density at radius 3 is 2.27 bits per heavy atom. The van der Waals surface area contributed by atoms with E-state index in [1.807, 2.05) is 0 Å². The van der Waals surface area contributed by atoms with Crippen molar-refractivity contribution in [2.45, 2.75) is 103 Å². The second-order valence-electron chi connectivity index (χ2n) is 13.5. The molecule has 4 aliphatic rings. The van der Waals surface area contributed by atoms with Crippen molar-refractivity contribution in [1.82, 2.24) is 10.6 Å². The number of carboxylic acid groups (broad SMARTS) is 1. The summed E-state index contributed by atoms with van der Waals surface area (Å²) in [5.74, 6) is -1.63. The van der Waals surface area contributed by atoms with Crippen molar-refractivity contribution in [3.05, 3.63) is 23.5 Å². The Hall–Kier alpha value is -2.84. The molecule has 1 aromatic carbocycles. The molecule has 3 N–H and O–H groups in total. The minimum atomic E-state index is -0.833. The van der Waals surface area contributed by atoms with Crippen LogP contribution in [-0.4, -0.2) is 48.2 Å². The van der Waals surface area contributed by atoms with Crippen LogP contribution in [0.1, 0.15) is 95.3 Å². The molecule has 220 valence electrons. The minimum Gasteiger partial charge on any atom is -0.496 e. The minimum absolute atomic E-state index is 0.0261. The van der Waals surface area contributed by atoms with E-state index >= 15 is 0 Å². The Labute approximate surface area is 235 Å². The van der Waals surface area contributed by atoms with Crippen molar-refractivity contribution < 1.29 is 33.4 Å². The number of halogens is 1. The maximum Gasteiger partial charge on any atom is 0.309 e. The van der Waals surface area contributed by atoms with Crippen LogP contribution in [0, 0.1) is 34.4 Å². The number of ether oxygens (including phenoxy) is 2. The van der Waals surface area contributed by atoms with Crippen molar-refractivity contribution in [3.63, 3.8) is 0 Å². The second-order valence-corrected chi connectivity index (χ2v) is 13.5. The van der Waals surface area contributed by atoms with Gasteiger partial charge in [0.2, 0.25) is 5.91 Å². The maximum atomic E-state index is 15.0. The molecule has 5 atom stereocenters. The van der Waals surface area contributed by atoms with Crippen LogP contribution in [-0.2, 0) is 9.59 Å². The number of fused-ring (bicyclic) bond motifs is 2. The Morgan fingerprint density at radius 2 is 1.65 bits per heavy atom. The average molecular weight is 559 g/mol. The number of methoxy groups -OCH3 is 1. The average Bonchev–Trinajstić information content (AvgIpc) is 3.61. The summed E-state index contributed by atoms with van der Waals surface area (Å²) in [5, 5.41) is 15.9. The molecule has 8 nitrogen and oxygen atoms in total. The van der Waals surface area contributed by atoms with Crippen molar-refractivity contribution in [1.29, 1.82) is 0 Å². The van der Waals surface area contributed by atoms with Crippen molar-refractivity contribution in [3.8, 4) is 11.5 Å². The zero-order chi connectivity index (χ0) is 28.8. The molecule has 0 radical (unpaired) electrons. The first kappa shape index (κ1) is 28.7. The predicted molar refractivity (Wildman–Crippen MR) is 147 cm³/mol. The number of nitrogens with one attached hydrogen (secondary N) is 2. The smallest absolute Gasteiger partial charge is 0.309 e. The molecule has 9 heteroatoms. The van der Waals surface area contributed by atoms with Crippen molar-refractivity contribution in [2.75, 3.05) is 7.11 Å². The first-order valence-electron chi connectivity index (χ1n) is 14.8. The van der Waals surface area contributed by atoms with Crippen LogP contribution in [0.25, 0.3) is 0 Å². The standard InChI is InChI=1S/C31H43FN2O6/c1-30(2)11-5-6-24(30)33-28(36)25-17-7-8-18(14-17)26(25)34-27(35)20-15-23(21(32)16-22(20)39-4)40-19-9-12-31(3,13-10-19)29(37)38/h15-19,24-26H,5-14H2,1-4H3,(H,33,36)(H,34,35)(H,37,38)/t17-,18+,19-,24-,25+,26-,31+/m1/s1. The summed E-state index contributed by atoms with van der Waals surface area (Å²) < 4.78 is 26.3. The van der Waals surface area contributed by atoms with Crippen LogP contribution < -0.4 is 20.1 Å². The van der Waals surface area contributed by atoms with E-state index in [1.165, 1.54) is 13.2 Å². The van der Waals surface area contributed by atoms with Gasteiger partial charge < -0.3 is 25.2 Å². The molecule has 4 saturated carbocycles. The molecular formula is C31H43FN2O6. The molecule has 0 heterocycles. The summed E-state index contributed by atoms with van der Waals surface area (Å²) in [7, 11) is 1.39. The lowest BCUT2D eigenvalue weighted by atomic mass is 9.75. The first-order chi connectivity index (χ1) is 18.9. The number of hydrogen-bond donors (Lipinski definition) is 3. The summed E-state index contributed by atoms with van der Waals surface area (Å²) in [6.07, 6.45) is 7.53. The molecule has 4 fully saturated rings. The number of benzene rings is 1. The highest BCUT2D eigenvalue weighted by molar-refractivity contribution is 5.98. The third-order valence-corrected chi connectivity index (χ3v) is 10.4. The lowest BCUT2D eigenvalue weighted by Gasteiger charge is -2.34. The Balaban J connectivity index is 1.30. The van der Waals surface area contributed by atoms with Gasteiger partial charge in [-0.25, -0.2) is 4.39 Å². The van der Waals surface area contributed by atoms with Crippen LogP contribution in [0.5, 0.6) is 11.5 Å². The molecule has 0 spiro atoms. The van der Waals surface area contributed by atoms with E-state index in [-0.39, 0.29) is 64.3 Å². The highest BCUT2D eigenvalue weighted by Crippen LogP contribution is 2.49. The summed E-state index contributed by atoms with van der Waals surface area (Å²) in [4.78, 5) is 38.7. The Morgan fingerprint density at radius 1 is 0.950 bits per heavy atom. The van der Waals surface area contributed by atoms with Gasteiger partial charge in [0.15, 0.2) is 11.6 Å². The lowest BCUT2D eigenvalue weighted by molar-refractivity contribution is -0.150. The van der Waals surface area contributed by atoms with Crippen molar-refractivity contribution >= 4 is 17.8 Å². The quantitative estimate of drug-likeness (QED) is 0.410. The lowest BCUT2D eigenvalue weighted by Crippen LogP contribution is -2.53. The van der Waals surface area contributed by atoms with Crippen LogP contribution in [0.3, 0.4) is 0 Å². The molecule has 1 aromatic rings. The largest absolute Gasteiger partial charge is 0.496 e. The number of aliphatic carboxylic acids is 1. The van der Waals surface area contributed by atoms with Gasteiger partial charge in [0, 0.05) is 18.2 Å². The van der Waals surface area contributed by atoms with E-state index in [0.29, 0.717) is 25.7 Å². The fourth-order valence-corrected chi connectivity index (χ4v) is 7.68. The summed E-state index contributed by atoms with van der Waals surface area (Å²) in [5.41, 5.74) is -0.585. The number of carbonyl (C=O) groups is 3. The number of carboxylic acids is 1. The third kappa shape index (κ3) is 5.40. The molecule has 2 bridgehead atoms. The normalized spacial score (nSPS) is 34.3. The van der Waals surface area contributed by atoms with E-state index in [0.717, 1.165) is 44.6 Å². The van der Waals surface area contributed by atoms with E-state index in [1.54, 1.807) is 6.92 Å². The van der Waals surface area contributed by atoms with Crippen molar-refractivity contribution in [2.24, 2.45) is 28.6 Å². The molecule has 5 rings (SSSR count). The van der Waals surface area contributed by atoms with Crippen LogP contribution >= 0.6 is 0 Å². The Bertz CT molecular complexity index is 1160.